The molecule has 2 nitrogen and oxygen atoms in total. The molecule has 1 aromatic rings. The van der Waals surface area contributed by atoms with Gasteiger partial charge in [0.15, 0.2) is 0 Å². The van der Waals surface area contributed by atoms with E-state index in [-0.39, 0.29) is 5.66 Å². The third-order valence-electron chi connectivity index (χ3n) is 2.48. The molecule has 2 aliphatic rings. The van der Waals surface area contributed by atoms with Crippen molar-refractivity contribution in [2.75, 3.05) is 0 Å². The Labute approximate surface area is 91.8 Å². The van der Waals surface area contributed by atoms with Crippen LogP contribution in [0.3, 0.4) is 0 Å². The summed E-state index contributed by atoms with van der Waals surface area (Å²) in [6.45, 7) is 0. The second kappa shape index (κ2) is 2.49. The van der Waals surface area contributed by atoms with Gasteiger partial charge in [0.05, 0.1) is 0 Å². The van der Waals surface area contributed by atoms with Gasteiger partial charge in [-0.2, -0.15) is 0 Å². The molecule has 1 saturated carbocycles. The summed E-state index contributed by atoms with van der Waals surface area (Å²) in [5.74, 6) is -2.05. The van der Waals surface area contributed by atoms with Gasteiger partial charge in [0.1, 0.15) is 0 Å². The molecule has 0 spiro atoms. The fraction of sp³-hybridized carbons (Fsp3) is 0.333. The maximum absolute atomic E-state index is 6.34. The summed E-state index contributed by atoms with van der Waals surface area (Å²) in [7, 11) is 0. The van der Waals surface area contributed by atoms with Crippen LogP contribution in [-0.4, -0.2) is 5.66 Å². The van der Waals surface area contributed by atoms with Crippen LogP contribution in [0.4, 0.5) is 0 Å². The summed E-state index contributed by atoms with van der Waals surface area (Å²) < 4.78 is 11.3. The number of rotatable bonds is 1. The third kappa shape index (κ3) is 1.21. The average molecular weight is 251 g/mol. The molecule has 0 N–H and O–H groups in total. The Morgan fingerprint density at radius 1 is 1.07 bits per heavy atom. The van der Waals surface area contributed by atoms with Crippen molar-refractivity contribution in [3.05, 3.63) is 24.3 Å². The zero-order chi connectivity index (χ0) is 9.84. The Morgan fingerprint density at radius 2 is 1.57 bits per heavy atom. The number of para-hydroxylation sites is 2. The normalized spacial score (nSPS) is 29.1. The van der Waals surface area contributed by atoms with Gasteiger partial charge >= 0.3 is 91.6 Å². The molecule has 1 aliphatic carbocycles. The van der Waals surface area contributed by atoms with Gasteiger partial charge in [-0.05, 0) is 0 Å². The van der Waals surface area contributed by atoms with Gasteiger partial charge in [-0.15, -0.1) is 0 Å². The van der Waals surface area contributed by atoms with Gasteiger partial charge in [-0.25, -0.2) is 0 Å². The number of hydrogen-bond donors (Lipinski definition) is 0. The van der Waals surface area contributed by atoms with Crippen molar-refractivity contribution < 1.29 is 9.05 Å². The summed E-state index contributed by atoms with van der Waals surface area (Å²) in [6, 6.07) is 7.42. The monoisotopic (exact) mass is 250 g/mol. The molecule has 0 atom stereocenters. The molecule has 1 fully saturated rings. The van der Waals surface area contributed by atoms with Crippen LogP contribution >= 0.6 is 28.2 Å². The van der Waals surface area contributed by atoms with Gasteiger partial charge in [0, 0.05) is 0 Å². The molecular weight excluding hydrogens is 242 g/mol. The van der Waals surface area contributed by atoms with Crippen molar-refractivity contribution >= 4 is 28.2 Å². The fourth-order valence-corrected chi connectivity index (χ4v) is 5.94. The third-order valence-corrected chi connectivity index (χ3v) is 7.66. The van der Waals surface area contributed by atoms with E-state index < -0.39 is 5.76 Å². The summed E-state index contributed by atoms with van der Waals surface area (Å²) in [5, 5.41) is 0. The van der Waals surface area contributed by atoms with Crippen LogP contribution in [0, 0.1) is 0 Å². The van der Waals surface area contributed by atoms with Crippen molar-refractivity contribution in [2.24, 2.45) is 0 Å². The molecule has 76 valence electrons. The first-order valence-corrected chi connectivity index (χ1v) is 8.46. The first-order chi connectivity index (χ1) is 6.57. The first kappa shape index (κ1) is 9.08. The fourth-order valence-electron chi connectivity index (χ4n) is 1.59. The average Bonchev–Trinajstić information content (AvgIpc) is 2.89. The van der Waals surface area contributed by atoms with Crippen LogP contribution in [0.5, 0.6) is 11.5 Å². The number of halogens is 2. The molecule has 3 rings (SSSR count). The van der Waals surface area contributed by atoms with Crippen molar-refractivity contribution in [1.29, 1.82) is 0 Å². The Morgan fingerprint density at radius 3 is 2.00 bits per heavy atom. The van der Waals surface area contributed by atoms with Gasteiger partial charge in [-0.3, -0.25) is 0 Å². The summed E-state index contributed by atoms with van der Waals surface area (Å²) >= 11 is 12.7. The first-order valence-electron chi connectivity index (χ1n) is 4.51. The zero-order valence-corrected chi connectivity index (χ0v) is 9.73. The Balaban J connectivity index is 2.04. The van der Waals surface area contributed by atoms with Crippen LogP contribution in [0.1, 0.15) is 12.8 Å². The molecule has 14 heavy (non-hydrogen) atoms. The molecule has 0 aromatic heterocycles. The van der Waals surface area contributed by atoms with Crippen molar-refractivity contribution in [3.63, 3.8) is 0 Å². The second-order valence-electron chi connectivity index (χ2n) is 3.68. The standard InChI is InChI=1S/C9H9Cl2O2P/c10-14(11,7-5-6-7)12-8-3-1-2-4-9(8)13-14/h1-4,7H,5-6H2. The Bertz CT molecular complexity index is 375. The van der Waals surface area contributed by atoms with E-state index in [1.165, 1.54) is 0 Å². The SMILES string of the molecule is ClP1(Cl)(C2CC2)Oc2ccccc2O1. The molecule has 0 bridgehead atoms. The maximum atomic E-state index is 6.34. The number of benzene rings is 1. The van der Waals surface area contributed by atoms with E-state index in [1.807, 2.05) is 24.3 Å². The van der Waals surface area contributed by atoms with E-state index in [0.717, 1.165) is 12.8 Å². The molecule has 1 heterocycles. The van der Waals surface area contributed by atoms with Crippen LogP contribution in [-0.2, 0) is 0 Å². The van der Waals surface area contributed by atoms with E-state index >= 15 is 0 Å². The topological polar surface area (TPSA) is 18.5 Å². The molecule has 0 radical (unpaired) electrons. The van der Waals surface area contributed by atoms with E-state index in [0.29, 0.717) is 11.5 Å². The van der Waals surface area contributed by atoms with Gasteiger partial charge in [0.25, 0.3) is 0 Å². The van der Waals surface area contributed by atoms with E-state index in [9.17, 15) is 0 Å². The minimum absolute atomic E-state index is 0.191. The Hall–Kier alpha value is -0.170. The zero-order valence-electron chi connectivity index (χ0n) is 7.32. The molecule has 0 saturated heterocycles. The summed E-state index contributed by atoms with van der Waals surface area (Å²) in [5.41, 5.74) is 0.191. The van der Waals surface area contributed by atoms with E-state index in [2.05, 4.69) is 0 Å². The van der Waals surface area contributed by atoms with Crippen molar-refractivity contribution in [1.82, 2.24) is 0 Å². The van der Waals surface area contributed by atoms with Crippen molar-refractivity contribution in [3.8, 4) is 11.5 Å². The van der Waals surface area contributed by atoms with Gasteiger partial charge < -0.3 is 0 Å². The van der Waals surface area contributed by atoms with E-state index in [4.69, 9.17) is 31.5 Å². The summed E-state index contributed by atoms with van der Waals surface area (Å²) in [4.78, 5) is 0. The minimum atomic E-state index is -3.38. The van der Waals surface area contributed by atoms with Crippen LogP contribution in [0.15, 0.2) is 24.3 Å². The van der Waals surface area contributed by atoms with Crippen LogP contribution in [0.25, 0.3) is 0 Å². The predicted octanol–water partition coefficient (Wildman–Crippen LogP) is 4.31. The van der Waals surface area contributed by atoms with Crippen LogP contribution in [0.2, 0.25) is 0 Å². The number of fused-ring (bicyclic) bond motifs is 1. The molecule has 5 heteroatoms. The number of hydrogen-bond acceptors (Lipinski definition) is 2. The quantitative estimate of drug-likeness (QED) is 0.692. The predicted molar refractivity (Wildman–Crippen MR) is 59.3 cm³/mol. The molecule has 1 aromatic carbocycles. The van der Waals surface area contributed by atoms with Crippen molar-refractivity contribution in [2.45, 2.75) is 18.5 Å². The molecule has 0 unspecified atom stereocenters. The van der Waals surface area contributed by atoms with Gasteiger partial charge in [-0.1, -0.05) is 0 Å². The molecular formula is C9H9Cl2O2P. The molecule has 1 aliphatic heterocycles. The van der Waals surface area contributed by atoms with Crippen LogP contribution < -0.4 is 9.05 Å². The van der Waals surface area contributed by atoms with Gasteiger partial charge in [0.2, 0.25) is 0 Å². The second-order valence-corrected chi connectivity index (χ2v) is 10.8. The molecule has 0 amide bonds. The summed E-state index contributed by atoms with van der Waals surface area (Å²) in [6.07, 6.45) is 2.00. The van der Waals surface area contributed by atoms with E-state index in [1.54, 1.807) is 0 Å². The Kier molecular flexibility index (Phi) is 1.62.